The Labute approximate surface area is 356 Å². The van der Waals surface area contributed by atoms with Crippen molar-refractivity contribution in [2.45, 2.75) is 5.41 Å². The lowest BCUT2D eigenvalue weighted by molar-refractivity contribution is 0.775. The van der Waals surface area contributed by atoms with Crippen LogP contribution in [0.1, 0.15) is 22.3 Å². The molecule has 2 nitrogen and oxygen atoms in total. The van der Waals surface area contributed by atoms with E-state index in [1.54, 1.807) is 0 Å². The van der Waals surface area contributed by atoms with E-state index in [0.717, 1.165) is 50.3 Å². The van der Waals surface area contributed by atoms with Gasteiger partial charge in [-0.1, -0.05) is 200 Å². The van der Waals surface area contributed by atoms with Gasteiger partial charge in [-0.3, -0.25) is 0 Å². The number of hydrogen-bond acceptors (Lipinski definition) is 2. The van der Waals surface area contributed by atoms with E-state index in [2.05, 4.69) is 231 Å². The summed E-state index contributed by atoms with van der Waals surface area (Å²) in [6, 6.07) is 83.6. The molecule has 0 amide bonds. The highest BCUT2D eigenvalue weighted by Gasteiger charge is 2.49. The van der Waals surface area contributed by atoms with Crippen LogP contribution in [0, 0.1) is 0 Å². The van der Waals surface area contributed by atoms with Gasteiger partial charge in [-0.15, -0.1) is 0 Å². The topological polar surface area (TPSA) is 25.8 Å². The minimum Gasteiger partial charge on any atom is -0.228 e. The van der Waals surface area contributed by atoms with Gasteiger partial charge in [-0.25, -0.2) is 9.97 Å². The van der Waals surface area contributed by atoms with Gasteiger partial charge in [0.15, 0.2) is 5.82 Å². The molecule has 0 fully saturated rings. The molecule has 0 radical (unpaired) electrons. The summed E-state index contributed by atoms with van der Waals surface area (Å²) in [5, 5.41) is 0. The predicted molar refractivity (Wildman–Crippen MR) is 251 cm³/mol. The van der Waals surface area contributed by atoms with Gasteiger partial charge < -0.3 is 0 Å². The third-order valence-electron chi connectivity index (χ3n) is 12.7. The zero-order valence-electron chi connectivity index (χ0n) is 33.3. The summed E-state index contributed by atoms with van der Waals surface area (Å²) in [4.78, 5) is 10.9. The standard InChI is InChI=1S/C59H38N2/c1-4-18-39(19-5-1)43-34-44(40-20-6-2-7-21-40)36-45(35-43)58-60-56(41-22-8-3-9-23-41)38-57(61-58)42-32-33-51-47-25-11-10-24-46(47)48-26-12-15-29-52(48)59(55(51)37-42)53-30-16-13-27-49(53)50-28-14-17-31-54(50)59/h1-38H. The monoisotopic (exact) mass is 774 g/mol. The highest BCUT2D eigenvalue weighted by Crippen LogP contribution is 2.61. The molecule has 10 aromatic rings. The highest BCUT2D eigenvalue weighted by molar-refractivity contribution is 5.98. The first-order valence-electron chi connectivity index (χ1n) is 21.0. The second-order valence-corrected chi connectivity index (χ2v) is 16.1. The van der Waals surface area contributed by atoms with Crippen LogP contribution in [0.5, 0.6) is 0 Å². The summed E-state index contributed by atoms with van der Waals surface area (Å²) < 4.78 is 0. The molecule has 1 heterocycles. The van der Waals surface area contributed by atoms with Crippen molar-refractivity contribution in [3.63, 3.8) is 0 Å². The SMILES string of the molecule is c1ccc(-c2cc(-c3ccccc3)cc(-c3nc(-c4ccccc4)cc(-c4ccc5c(c4)C4(c6ccccc6-c6ccccc6-5)c5ccccc5-c5ccccc54)n3)c2)cc1. The largest absolute Gasteiger partial charge is 0.228 e. The van der Waals surface area contributed by atoms with Crippen molar-refractivity contribution in [3.05, 3.63) is 253 Å². The summed E-state index contributed by atoms with van der Waals surface area (Å²) in [7, 11) is 0. The quantitative estimate of drug-likeness (QED) is 0.174. The molecule has 2 aliphatic rings. The first kappa shape index (κ1) is 35.0. The molecule has 2 heteroatoms. The first-order valence-corrected chi connectivity index (χ1v) is 21.0. The molecule has 61 heavy (non-hydrogen) atoms. The maximum absolute atomic E-state index is 5.52. The zero-order valence-corrected chi connectivity index (χ0v) is 33.3. The van der Waals surface area contributed by atoms with Crippen LogP contribution >= 0.6 is 0 Å². The van der Waals surface area contributed by atoms with Gasteiger partial charge in [0.05, 0.1) is 16.8 Å². The van der Waals surface area contributed by atoms with Gasteiger partial charge in [0.1, 0.15) is 0 Å². The molecule has 0 saturated heterocycles. The highest BCUT2D eigenvalue weighted by atomic mass is 14.9. The molecular formula is C59H38N2. The fraction of sp³-hybridized carbons (Fsp3) is 0.0169. The molecule has 0 aliphatic heterocycles. The average molecular weight is 775 g/mol. The molecule has 0 atom stereocenters. The van der Waals surface area contributed by atoms with E-state index in [4.69, 9.17) is 9.97 Å². The van der Waals surface area contributed by atoms with Gasteiger partial charge in [0.25, 0.3) is 0 Å². The van der Waals surface area contributed by atoms with Gasteiger partial charge in [-0.05, 0) is 108 Å². The van der Waals surface area contributed by atoms with Crippen LogP contribution in [0.25, 0.3) is 89.5 Å². The molecule has 284 valence electrons. The van der Waals surface area contributed by atoms with Gasteiger partial charge >= 0.3 is 0 Å². The average Bonchev–Trinajstić information content (AvgIpc) is 3.59. The molecule has 12 rings (SSSR count). The number of benzene rings is 9. The number of nitrogens with zero attached hydrogens (tertiary/aromatic N) is 2. The predicted octanol–water partition coefficient (Wildman–Crippen LogP) is 14.8. The molecule has 1 aromatic heterocycles. The lowest BCUT2D eigenvalue weighted by atomic mass is 9.65. The smallest absolute Gasteiger partial charge is 0.160 e. The summed E-state index contributed by atoms with van der Waals surface area (Å²) in [5.41, 5.74) is 21.4. The van der Waals surface area contributed by atoms with Crippen molar-refractivity contribution in [2.24, 2.45) is 0 Å². The fourth-order valence-electron chi connectivity index (χ4n) is 10.0. The molecule has 2 aliphatic carbocycles. The van der Waals surface area contributed by atoms with Crippen LogP contribution in [0.15, 0.2) is 231 Å². The second kappa shape index (κ2) is 14.1. The lowest BCUT2D eigenvalue weighted by Gasteiger charge is -2.35. The van der Waals surface area contributed by atoms with Gasteiger partial charge in [0.2, 0.25) is 0 Å². The Morgan fingerprint density at radius 2 is 0.607 bits per heavy atom. The van der Waals surface area contributed by atoms with Crippen LogP contribution in [-0.2, 0) is 5.41 Å². The fourth-order valence-corrected chi connectivity index (χ4v) is 10.0. The third kappa shape index (κ3) is 5.57. The minimum absolute atomic E-state index is 0.582. The van der Waals surface area contributed by atoms with E-state index in [1.807, 2.05) is 0 Å². The van der Waals surface area contributed by atoms with Gasteiger partial charge in [0, 0.05) is 16.7 Å². The van der Waals surface area contributed by atoms with Crippen molar-refractivity contribution in [1.29, 1.82) is 0 Å². The summed E-state index contributed by atoms with van der Waals surface area (Å²) in [6.07, 6.45) is 0. The first-order chi connectivity index (χ1) is 30.2. The van der Waals surface area contributed by atoms with Crippen molar-refractivity contribution < 1.29 is 0 Å². The Morgan fingerprint density at radius 1 is 0.230 bits per heavy atom. The zero-order chi connectivity index (χ0) is 40.3. The van der Waals surface area contributed by atoms with Crippen LogP contribution in [0.3, 0.4) is 0 Å². The van der Waals surface area contributed by atoms with Crippen molar-refractivity contribution in [1.82, 2.24) is 9.97 Å². The molecule has 9 aromatic carbocycles. The van der Waals surface area contributed by atoms with Crippen LogP contribution in [0.2, 0.25) is 0 Å². The number of rotatable bonds is 5. The van der Waals surface area contributed by atoms with Crippen molar-refractivity contribution >= 4 is 0 Å². The van der Waals surface area contributed by atoms with Gasteiger partial charge in [-0.2, -0.15) is 0 Å². The number of fused-ring (bicyclic) bond motifs is 12. The molecule has 1 spiro atoms. The van der Waals surface area contributed by atoms with E-state index >= 15 is 0 Å². The Bertz CT molecular complexity index is 3190. The molecule has 0 N–H and O–H groups in total. The number of aromatic nitrogens is 2. The Morgan fingerprint density at radius 3 is 1.11 bits per heavy atom. The normalized spacial score (nSPS) is 12.7. The Balaban J connectivity index is 1.14. The van der Waals surface area contributed by atoms with E-state index in [9.17, 15) is 0 Å². The summed E-state index contributed by atoms with van der Waals surface area (Å²) in [6.45, 7) is 0. The molecule has 0 unspecified atom stereocenters. The maximum atomic E-state index is 5.52. The lowest BCUT2D eigenvalue weighted by Crippen LogP contribution is -2.29. The van der Waals surface area contributed by atoms with E-state index in [1.165, 1.54) is 55.6 Å². The van der Waals surface area contributed by atoms with E-state index < -0.39 is 5.41 Å². The van der Waals surface area contributed by atoms with E-state index in [-0.39, 0.29) is 0 Å². The second-order valence-electron chi connectivity index (χ2n) is 16.1. The van der Waals surface area contributed by atoms with Crippen LogP contribution in [0.4, 0.5) is 0 Å². The van der Waals surface area contributed by atoms with Crippen molar-refractivity contribution in [2.75, 3.05) is 0 Å². The Kier molecular flexibility index (Phi) is 8.11. The number of hydrogen-bond donors (Lipinski definition) is 0. The van der Waals surface area contributed by atoms with Crippen molar-refractivity contribution in [3.8, 4) is 89.5 Å². The molecule has 0 bridgehead atoms. The minimum atomic E-state index is -0.582. The Hall–Kier alpha value is -7.94. The van der Waals surface area contributed by atoms with Crippen LogP contribution < -0.4 is 0 Å². The van der Waals surface area contributed by atoms with Crippen LogP contribution in [-0.4, -0.2) is 9.97 Å². The summed E-state index contributed by atoms with van der Waals surface area (Å²) in [5.74, 6) is 0.684. The molecular weight excluding hydrogens is 737 g/mol. The summed E-state index contributed by atoms with van der Waals surface area (Å²) >= 11 is 0. The van der Waals surface area contributed by atoms with E-state index in [0.29, 0.717) is 5.82 Å². The third-order valence-corrected chi connectivity index (χ3v) is 12.7. The molecule has 0 saturated carbocycles. The maximum Gasteiger partial charge on any atom is 0.160 e.